The second-order valence-electron chi connectivity index (χ2n) is 4.86. The third-order valence-corrected chi connectivity index (χ3v) is 3.65. The Morgan fingerprint density at radius 3 is 2.76 bits per heavy atom. The molecule has 1 aromatic rings. The average molecular weight is 237 g/mol. The molecular weight excluding hydrogens is 218 g/mol. The Balaban J connectivity index is 2.10. The van der Waals surface area contributed by atoms with Gasteiger partial charge in [0.2, 0.25) is 0 Å². The summed E-state index contributed by atoms with van der Waals surface area (Å²) in [4.78, 5) is 14.0. The zero-order valence-electron chi connectivity index (χ0n) is 10.5. The number of aryl methyl sites for hydroxylation is 1. The first-order chi connectivity index (χ1) is 8.00. The fourth-order valence-electron chi connectivity index (χ4n) is 2.21. The molecule has 1 aromatic heterocycles. The topological polar surface area (TPSA) is 69.2 Å². The number of aliphatic hydroxyl groups excluding tert-OH is 1. The van der Waals surface area contributed by atoms with Crippen LogP contribution in [0.1, 0.15) is 35.1 Å². The molecule has 2 heterocycles. The van der Waals surface area contributed by atoms with Gasteiger partial charge in [-0.3, -0.25) is 9.89 Å². The summed E-state index contributed by atoms with van der Waals surface area (Å²) in [6, 6.07) is 0. The number of hydrogen-bond acceptors (Lipinski definition) is 3. The smallest absolute Gasteiger partial charge is 0.274 e. The lowest BCUT2D eigenvalue weighted by Gasteiger charge is -2.16. The molecule has 1 fully saturated rings. The van der Waals surface area contributed by atoms with Crippen LogP contribution in [0, 0.1) is 19.8 Å². The highest BCUT2D eigenvalue weighted by molar-refractivity contribution is 5.94. The summed E-state index contributed by atoms with van der Waals surface area (Å²) in [7, 11) is 0. The zero-order chi connectivity index (χ0) is 12.6. The SMILES string of the molecule is Cc1[nH]nc(C(=O)N2CCC(C(C)O)C2)c1C. The Hall–Kier alpha value is -1.36. The zero-order valence-corrected chi connectivity index (χ0v) is 10.5. The number of nitrogens with one attached hydrogen (secondary N) is 1. The molecule has 0 aromatic carbocycles. The lowest BCUT2D eigenvalue weighted by Crippen LogP contribution is -2.31. The van der Waals surface area contributed by atoms with Crippen LogP contribution in [0.15, 0.2) is 0 Å². The first-order valence-corrected chi connectivity index (χ1v) is 5.99. The van der Waals surface area contributed by atoms with Gasteiger partial charge in [-0.05, 0) is 27.2 Å². The number of aromatic nitrogens is 2. The molecule has 2 atom stereocenters. The van der Waals surface area contributed by atoms with E-state index in [9.17, 15) is 9.90 Å². The van der Waals surface area contributed by atoms with E-state index in [0.29, 0.717) is 18.8 Å². The molecule has 0 bridgehead atoms. The predicted molar refractivity (Wildman–Crippen MR) is 63.8 cm³/mol. The number of nitrogens with zero attached hydrogens (tertiary/aromatic N) is 2. The van der Waals surface area contributed by atoms with Crippen molar-refractivity contribution in [1.29, 1.82) is 0 Å². The molecule has 1 aliphatic rings. The molecule has 1 aliphatic heterocycles. The summed E-state index contributed by atoms with van der Waals surface area (Å²) >= 11 is 0. The van der Waals surface area contributed by atoms with Crippen molar-refractivity contribution in [3.63, 3.8) is 0 Å². The molecule has 2 N–H and O–H groups in total. The lowest BCUT2D eigenvalue weighted by atomic mass is 10.0. The Bertz CT molecular complexity index is 425. The maximum Gasteiger partial charge on any atom is 0.274 e. The predicted octanol–water partition coefficient (Wildman–Crippen LogP) is 0.869. The van der Waals surface area contributed by atoms with Crippen molar-refractivity contribution in [3.05, 3.63) is 17.0 Å². The van der Waals surface area contributed by atoms with Gasteiger partial charge in [0, 0.05) is 30.3 Å². The number of aromatic amines is 1. The summed E-state index contributed by atoms with van der Waals surface area (Å²) in [6.45, 7) is 6.92. The molecule has 0 saturated carbocycles. The number of amides is 1. The van der Waals surface area contributed by atoms with Crippen molar-refractivity contribution in [2.45, 2.75) is 33.3 Å². The summed E-state index contributed by atoms with van der Waals surface area (Å²) in [5.74, 6) is 0.161. The highest BCUT2D eigenvalue weighted by atomic mass is 16.3. The van der Waals surface area contributed by atoms with Crippen molar-refractivity contribution in [2.75, 3.05) is 13.1 Å². The van der Waals surface area contributed by atoms with Crippen LogP contribution in [0.25, 0.3) is 0 Å². The normalized spacial score (nSPS) is 21.9. The van der Waals surface area contributed by atoms with E-state index in [0.717, 1.165) is 17.7 Å². The van der Waals surface area contributed by atoms with Gasteiger partial charge in [-0.2, -0.15) is 5.10 Å². The summed E-state index contributed by atoms with van der Waals surface area (Å²) in [5, 5.41) is 16.4. The van der Waals surface area contributed by atoms with Gasteiger partial charge in [-0.25, -0.2) is 0 Å². The van der Waals surface area contributed by atoms with Gasteiger partial charge in [-0.1, -0.05) is 0 Å². The van der Waals surface area contributed by atoms with E-state index in [1.807, 2.05) is 13.8 Å². The van der Waals surface area contributed by atoms with Crippen LogP contribution in [0.4, 0.5) is 0 Å². The monoisotopic (exact) mass is 237 g/mol. The highest BCUT2D eigenvalue weighted by Crippen LogP contribution is 2.22. The first-order valence-electron chi connectivity index (χ1n) is 5.99. The summed E-state index contributed by atoms with van der Waals surface area (Å²) < 4.78 is 0. The van der Waals surface area contributed by atoms with Crippen molar-refractivity contribution in [3.8, 4) is 0 Å². The Morgan fingerprint density at radius 1 is 1.59 bits per heavy atom. The molecular formula is C12H19N3O2. The van der Waals surface area contributed by atoms with Gasteiger partial charge < -0.3 is 10.0 Å². The average Bonchev–Trinajstić information content (AvgIpc) is 2.87. The van der Waals surface area contributed by atoms with Crippen LogP contribution < -0.4 is 0 Å². The van der Waals surface area contributed by atoms with E-state index in [2.05, 4.69) is 10.2 Å². The Labute approximate surface area is 101 Å². The van der Waals surface area contributed by atoms with E-state index in [4.69, 9.17) is 0 Å². The third-order valence-electron chi connectivity index (χ3n) is 3.65. The molecule has 2 unspecified atom stereocenters. The standard InChI is InChI=1S/C12H19N3O2/c1-7-8(2)13-14-11(7)12(17)15-5-4-10(6-15)9(3)16/h9-10,16H,4-6H2,1-3H3,(H,13,14). The largest absolute Gasteiger partial charge is 0.393 e. The van der Waals surface area contributed by atoms with Crippen molar-refractivity contribution in [1.82, 2.24) is 15.1 Å². The van der Waals surface area contributed by atoms with E-state index < -0.39 is 0 Å². The van der Waals surface area contributed by atoms with E-state index in [1.54, 1.807) is 11.8 Å². The molecule has 0 aliphatic carbocycles. The van der Waals surface area contributed by atoms with Gasteiger partial charge in [0.1, 0.15) is 0 Å². The molecule has 0 spiro atoms. The third kappa shape index (κ3) is 2.20. The molecule has 17 heavy (non-hydrogen) atoms. The second-order valence-corrected chi connectivity index (χ2v) is 4.86. The van der Waals surface area contributed by atoms with Crippen LogP contribution >= 0.6 is 0 Å². The number of carbonyl (C=O) groups excluding carboxylic acids is 1. The molecule has 2 rings (SSSR count). The number of rotatable bonds is 2. The molecule has 94 valence electrons. The lowest BCUT2D eigenvalue weighted by molar-refractivity contribution is 0.0756. The summed E-state index contributed by atoms with van der Waals surface area (Å²) in [5.41, 5.74) is 2.35. The van der Waals surface area contributed by atoms with Crippen LogP contribution in [0.3, 0.4) is 0 Å². The number of H-pyrrole nitrogens is 1. The van der Waals surface area contributed by atoms with E-state index in [-0.39, 0.29) is 17.9 Å². The highest BCUT2D eigenvalue weighted by Gasteiger charge is 2.31. The number of likely N-dealkylation sites (tertiary alicyclic amines) is 1. The van der Waals surface area contributed by atoms with E-state index in [1.165, 1.54) is 0 Å². The summed E-state index contributed by atoms with van der Waals surface area (Å²) in [6.07, 6.45) is 0.515. The van der Waals surface area contributed by atoms with Crippen molar-refractivity contribution >= 4 is 5.91 Å². The quantitative estimate of drug-likeness (QED) is 0.802. The number of carbonyl (C=O) groups is 1. The number of aliphatic hydroxyl groups is 1. The van der Waals surface area contributed by atoms with E-state index >= 15 is 0 Å². The van der Waals surface area contributed by atoms with Crippen LogP contribution in [-0.2, 0) is 0 Å². The van der Waals surface area contributed by atoms with Crippen LogP contribution in [0.5, 0.6) is 0 Å². The van der Waals surface area contributed by atoms with Crippen molar-refractivity contribution in [2.24, 2.45) is 5.92 Å². The minimum absolute atomic E-state index is 0.0324. The molecule has 5 nitrogen and oxygen atoms in total. The molecule has 5 heteroatoms. The van der Waals surface area contributed by atoms with Gasteiger partial charge in [-0.15, -0.1) is 0 Å². The molecule has 1 amide bonds. The maximum absolute atomic E-state index is 12.2. The van der Waals surface area contributed by atoms with Crippen molar-refractivity contribution < 1.29 is 9.90 Å². The molecule has 1 saturated heterocycles. The fraction of sp³-hybridized carbons (Fsp3) is 0.667. The molecule has 0 radical (unpaired) electrons. The maximum atomic E-state index is 12.2. The fourth-order valence-corrected chi connectivity index (χ4v) is 2.21. The first kappa shape index (κ1) is 12.1. The second kappa shape index (κ2) is 4.49. The Kier molecular flexibility index (Phi) is 3.19. The number of hydrogen-bond donors (Lipinski definition) is 2. The van der Waals surface area contributed by atoms with Crippen LogP contribution in [-0.4, -0.2) is 45.3 Å². The van der Waals surface area contributed by atoms with Gasteiger partial charge >= 0.3 is 0 Å². The van der Waals surface area contributed by atoms with Gasteiger partial charge in [0.05, 0.1) is 6.10 Å². The minimum Gasteiger partial charge on any atom is -0.393 e. The van der Waals surface area contributed by atoms with Crippen LogP contribution in [0.2, 0.25) is 0 Å². The van der Waals surface area contributed by atoms with Gasteiger partial charge in [0.25, 0.3) is 5.91 Å². The Morgan fingerprint density at radius 2 is 2.29 bits per heavy atom. The van der Waals surface area contributed by atoms with Gasteiger partial charge in [0.15, 0.2) is 5.69 Å². The minimum atomic E-state index is -0.352.